The fourth-order valence-electron chi connectivity index (χ4n) is 2.62. The average molecular weight is 337 g/mol. The highest BCUT2D eigenvalue weighted by atomic mass is 32.2. The quantitative estimate of drug-likeness (QED) is 0.868. The van der Waals surface area contributed by atoms with E-state index < -0.39 is 5.60 Å². The van der Waals surface area contributed by atoms with Crippen molar-refractivity contribution >= 4 is 23.1 Å². The molecule has 0 aliphatic carbocycles. The average Bonchev–Trinajstić information content (AvgIpc) is 2.97. The van der Waals surface area contributed by atoms with Gasteiger partial charge in [0.1, 0.15) is 5.82 Å². The predicted octanol–water partition coefficient (Wildman–Crippen LogP) is 3.90. The normalized spacial score (nSPS) is 17.5. The van der Waals surface area contributed by atoms with Crippen LogP contribution in [0.15, 0.2) is 36.4 Å². The molecule has 2 N–H and O–H groups in total. The molecule has 1 aliphatic heterocycles. The van der Waals surface area contributed by atoms with Crippen LogP contribution >= 0.6 is 23.1 Å². The summed E-state index contributed by atoms with van der Waals surface area (Å²) in [5.41, 5.74) is 0.368. The molecule has 3 rings (SSSR count). The maximum atomic E-state index is 13.3. The van der Waals surface area contributed by atoms with Gasteiger partial charge in [-0.15, -0.1) is 11.3 Å². The molecule has 1 saturated heterocycles. The van der Waals surface area contributed by atoms with Crippen LogP contribution in [0.1, 0.15) is 17.7 Å². The summed E-state index contributed by atoms with van der Waals surface area (Å²) >= 11 is 3.58. The molecule has 2 nitrogen and oxygen atoms in total. The molecule has 2 heterocycles. The maximum Gasteiger partial charge on any atom is 0.123 e. The van der Waals surface area contributed by atoms with Crippen molar-refractivity contribution in [3.05, 3.63) is 47.1 Å². The molecule has 1 fully saturated rings. The molecule has 1 aromatic carbocycles. The first-order valence-corrected chi connectivity index (χ1v) is 9.47. The monoisotopic (exact) mass is 337 g/mol. The van der Waals surface area contributed by atoms with Gasteiger partial charge in [-0.1, -0.05) is 12.1 Å². The highest BCUT2D eigenvalue weighted by molar-refractivity contribution is 7.99. The van der Waals surface area contributed by atoms with Crippen molar-refractivity contribution in [3.8, 4) is 10.4 Å². The molecular weight excluding hydrogens is 317 g/mol. The van der Waals surface area contributed by atoms with E-state index in [2.05, 4.69) is 11.4 Å². The van der Waals surface area contributed by atoms with Gasteiger partial charge >= 0.3 is 0 Å². The van der Waals surface area contributed by atoms with E-state index in [1.807, 2.05) is 23.9 Å². The number of aliphatic hydroxyl groups is 1. The molecule has 1 aromatic heterocycles. The molecule has 1 aliphatic rings. The van der Waals surface area contributed by atoms with Crippen LogP contribution in [-0.2, 0) is 6.54 Å². The van der Waals surface area contributed by atoms with Gasteiger partial charge in [0, 0.05) is 22.8 Å². The van der Waals surface area contributed by atoms with Gasteiger partial charge in [-0.25, -0.2) is 4.39 Å². The Morgan fingerprint density at radius 1 is 1.18 bits per heavy atom. The molecule has 0 atom stereocenters. The summed E-state index contributed by atoms with van der Waals surface area (Å²) in [6.45, 7) is 1.39. The molecule has 0 saturated carbocycles. The molecule has 2 aromatic rings. The fourth-order valence-corrected chi connectivity index (χ4v) is 4.84. The SMILES string of the molecule is OC1(CNCc2ccc(-c3cccc(F)c3)s2)CCSCC1. The van der Waals surface area contributed by atoms with E-state index in [0.717, 1.165) is 41.3 Å². The largest absolute Gasteiger partial charge is 0.389 e. The minimum Gasteiger partial charge on any atom is -0.389 e. The first-order valence-electron chi connectivity index (χ1n) is 7.50. The molecule has 118 valence electrons. The van der Waals surface area contributed by atoms with Crippen molar-refractivity contribution in [1.29, 1.82) is 0 Å². The van der Waals surface area contributed by atoms with Gasteiger partial charge in [-0.05, 0) is 54.2 Å². The summed E-state index contributed by atoms with van der Waals surface area (Å²) in [5.74, 6) is 1.88. The highest BCUT2D eigenvalue weighted by Crippen LogP contribution is 2.29. The fraction of sp³-hybridized carbons (Fsp3) is 0.412. The predicted molar refractivity (Wildman–Crippen MR) is 92.9 cm³/mol. The summed E-state index contributed by atoms with van der Waals surface area (Å²) in [5, 5.41) is 13.8. The standard InChI is InChI=1S/C17H20FNOS2/c18-14-3-1-2-13(10-14)16-5-4-15(22-16)11-19-12-17(20)6-8-21-9-7-17/h1-5,10,19-20H,6-9,11-12H2. The molecule has 5 heteroatoms. The van der Waals surface area contributed by atoms with Gasteiger partial charge in [0.25, 0.3) is 0 Å². The number of thiophene rings is 1. The lowest BCUT2D eigenvalue weighted by atomic mass is 9.97. The zero-order chi connectivity index (χ0) is 15.4. The Kier molecular flexibility index (Phi) is 5.18. The van der Waals surface area contributed by atoms with Crippen molar-refractivity contribution in [2.75, 3.05) is 18.1 Å². The van der Waals surface area contributed by atoms with E-state index in [1.165, 1.54) is 10.9 Å². The van der Waals surface area contributed by atoms with Crippen LogP contribution in [0.4, 0.5) is 4.39 Å². The minimum absolute atomic E-state index is 0.206. The van der Waals surface area contributed by atoms with Crippen molar-refractivity contribution in [3.63, 3.8) is 0 Å². The Labute approximate surface area is 138 Å². The highest BCUT2D eigenvalue weighted by Gasteiger charge is 2.28. The Morgan fingerprint density at radius 2 is 2.00 bits per heavy atom. The summed E-state index contributed by atoms with van der Waals surface area (Å²) in [6.07, 6.45) is 1.73. The van der Waals surface area contributed by atoms with Crippen LogP contribution in [0.2, 0.25) is 0 Å². The summed E-state index contributed by atoms with van der Waals surface area (Å²) in [6, 6.07) is 10.8. The maximum absolute atomic E-state index is 13.3. The Hall–Kier alpha value is -0.880. The second-order valence-electron chi connectivity index (χ2n) is 5.72. The molecule has 0 radical (unpaired) electrons. The number of thioether (sulfide) groups is 1. The van der Waals surface area contributed by atoms with E-state index in [1.54, 1.807) is 23.5 Å². The second-order valence-corrected chi connectivity index (χ2v) is 8.11. The first kappa shape index (κ1) is 16.0. The zero-order valence-corrected chi connectivity index (χ0v) is 14.0. The van der Waals surface area contributed by atoms with Crippen LogP contribution in [0.25, 0.3) is 10.4 Å². The molecule has 0 spiro atoms. The number of hydrogen-bond donors (Lipinski definition) is 2. The number of benzene rings is 1. The lowest BCUT2D eigenvalue weighted by Crippen LogP contribution is -2.43. The van der Waals surface area contributed by atoms with E-state index >= 15 is 0 Å². The zero-order valence-electron chi connectivity index (χ0n) is 12.3. The number of halogens is 1. The third kappa shape index (κ3) is 4.10. The van der Waals surface area contributed by atoms with Crippen molar-refractivity contribution < 1.29 is 9.50 Å². The lowest BCUT2D eigenvalue weighted by molar-refractivity contribution is 0.0321. The summed E-state index contributed by atoms with van der Waals surface area (Å²) < 4.78 is 13.3. The van der Waals surface area contributed by atoms with Crippen molar-refractivity contribution in [2.45, 2.75) is 25.0 Å². The topological polar surface area (TPSA) is 32.3 Å². The Balaban J connectivity index is 1.56. The van der Waals surface area contributed by atoms with Crippen LogP contribution < -0.4 is 5.32 Å². The number of rotatable bonds is 5. The number of hydrogen-bond acceptors (Lipinski definition) is 4. The second kappa shape index (κ2) is 7.13. The number of nitrogens with one attached hydrogen (secondary N) is 1. The minimum atomic E-state index is -0.548. The van der Waals surface area contributed by atoms with E-state index in [0.29, 0.717) is 6.54 Å². The van der Waals surface area contributed by atoms with Gasteiger partial charge in [0.2, 0.25) is 0 Å². The van der Waals surface area contributed by atoms with Crippen LogP contribution in [-0.4, -0.2) is 28.8 Å². The molecule has 0 amide bonds. The molecule has 0 unspecified atom stereocenters. The molecule has 22 heavy (non-hydrogen) atoms. The summed E-state index contributed by atoms with van der Waals surface area (Å²) in [7, 11) is 0. The van der Waals surface area contributed by atoms with Gasteiger partial charge in [0.15, 0.2) is 0 Å². The van der Waals surface area contributed by atoms with E-state index in [9.17, 15) is 9.50 Å². The van der Waals surface area contributed by atoms with E-state index in [-0.39, 0.29) is 5.82 Å². The Morgan fingerprint density at radius 3 is 2.77 bits per heavy atom. The third-order valence-corrected chi connectivity index (χ3v) is 6.07. The van der Waals surface area contributed by atoms with Crippen molar-refractivity contribution in [2.24, 2.45) is 0 Å². The molecular formula is C17H20FNOS2. The lowest BCUT2D eigenvalue weighted by Gasteiger charge is -2.31. The van der Waals surface area contributed by atoms with Crippen LogP contribution in [0.3, 0.4) is 0 Å². The first-order chi connectivity index (χ1) is 10.6. The molecule has 0 bridgehead atoms. The smallest absolute Gasteiger partial charge is 0.123 e. The Bertz CT molecular complexity index is 623. The van der Waals surface area contributed by atoms with Gasteiger partial charge in [-0.2, -0.15) is 11.8 Å². The van der Waals surface area contributed by atoms with E-state index in [4.69, 9.17) is 0 Å². The van der Waals surface area contributed by atoms with Gasteiger partial charge in [0.05, 0.1) is 5.60 Å². The summed E-state index contributed by atoms with van der Waals surface area (Å²) in [4.78, 5) is 2.28. The van der Waals surface area contributed by atoms with Crippen LogP contribution in [0.5, 0.6) is 0 Å². The van der Waals surface area contributed by atoms with Crippen molar-refractivity contribution in [1.82, 2.24) is 5.32 Å². The van der Waals surface area contributed by atoms with Gasteiger partial charge in [-0.3, -0.25) is 0 Å². The van der Waals surface area contributed by atoms with Crippen LogP contribution in [0, 0.1) is 5.82 Å². The van der Waals surface area contributed by atoms with Gasteiger partial charge < -0.3 is 10.4 Å². The third-order valence-electron chi connectivity index (χ3n) is 3.95.